The fraction of sp³-hybridized carbons (Fsp3) is 0.120. The molecule has 34 heavy (non-hydrogen) atoms. The third kappa shape index (κ3) is 3.53. The minimum absolute atomic E-state index is 0.312. The van der Waals surface area contributed by atoms with Gasteiger partial charge in [-0.3, -0.25) is 25.0 Å². The van der Waals surface area contributed by atoms with E-state index < -0.39 is 0 Å². The highest BCUT2D eigenvalue weighted by atomic mass is 15.1. The van der Waals surface area contributed by atoms with E-state index in [1.807, 2.05) is 42.9 Å². The first-order valence-electron chi connectivity index (χ1n) is 11.0. The molecule has 6 rings (SSSR count). The maximum atomic E-state index is 4.88. The molecule has 9 heteroatoms. The van der Waals surface area contributed by atoms with E-state index in [9.17, 15) is 0 Å². The van der Waals surface area contributed by atoms with Gasteiger partial charge in [-0.25, -0.2) is 4.98 Å². The molecule has 6 heterocycles. The summed E-state index contributed by atoms with van der Waals surface area (Å²) in [7, 11) is 0. The highest BCUT2D eigenvalue weighted by molar-refractivity contribution is 5.97. The molecule has 0 amide bonds. The van der Waals surface area contributed by atoms with E-state index >= 15 is 0 Å². The smallest absolute Gasteiger partial charge is 0.159 e. The van der Waals surface area contributed by atoms with Crippen LogP contribution in [0.3, 0.4) is 0 Å². The molecule has 0 saturated heterocycles. The fourth-order valence-electron chi connectivity index (χ4n) is 4.03. The highest BCUT2D eigenvalue weighted by Gasteiger charge is 2.16. The van der Waals surface area contributed by atoms with Crippen molar-refractivity contribution in [2.45, 2.75) is 19.9 Å². The number of nitrogens with one attached hydrogen (secondary N) is 3. The molecule has 166 valence electrons. The predicted molar refractivity (Wildman–Crippen MR) is 132 cm³/mol. The summed E-state index contributed by atoms with van der Waals surface area (Å²) in [6, 6.07) is 8.27. The third-order valence-electron chi connectivity index (χ3n) is 5.53. The van der Waals surface area contributed by atoms with E-state index in [2.05, 4.69) is 54.3 Å². The number of hydrogen-bond donors (Lipinski definition) is 3. The Hall–Kier alpha value is -4.66. The van der Waals surface area contributed by atoms with Gasteiger partial charge in [0.25, 0.3) is 0 Å². The molecule has 0 aromatic carbocycles. The number of nitrogens with zero attached hydrogens (tertiary/aromatic N) is 6. The number of anilines is 1. The summed E-state index contributed by atoms with van der Waals surface area (Å²) in [5.74, 6) is 0.657. The lowest BCUT2D eigenvalue weighted by Gasteiger charge is -2.10. The zero-order chi connectivity index (χ0) is 23.1. The minimum Gasteiger partial charge on any atom is -0.382 e. The second kappa shape index (κ2) is 8.04. The number of hydrogen-bond acceptors (Lipinski definition) is 7. The van der Waals surface area contributed by atoms with Gasteiger partial charge in [0.2, 0.25) is 0 Å². The average Bonchev–Trinajstić information content (AvgIpc) is 3.48. The molecule has 0 aliphatic carbocycles. The van der Waals surface area contributed by atoms with Crippen molar-refractivity contribution >= 4 is 27.6 Å². The van der Waals surface area contributed by atoms with E-state index in [4.69, 9.17) is 4.98 Å². The van der Waals surface area contributed by atoms with Crippen LogP contribution in [-0.4, -0.2) is 46.1 Å². The Labute approximate surface area is 194 Å². The molecular formula is C25H21N9. The highest BCUT2D eigenvalue weighted by Crippen LogP contribution is 2.32. The van der Waals surface area contributed by atoms with Crippen LogP contribution in [0.2, 0.25) is 0 Å². The van der Waals surface area contributed by atoms with Crippen LogP contribution in [-0.2, 0) is 0 Å². The van der Waals surface area contributed by atoms with Gasteiger partial charge >= 0.3 is 0 Å². The van der Waals surface area contributed by atoms with E-state index in [0.717, 1.165) is 55.7 Å². The van der Waals surface area contributed by atoms with Crippen LogP contribution in [0, 0.1) is 0 Å². The van der Waals surface area contributed by atoms with Crippen molar-refractivity contribution in [3.05, 3.63) is 67.6 Å². The molecule has 3 N–H and O–H groups in total. The number of aromatic nitrogens is 8. The first-order valence-corrected chi connectivity index (χ1v) is 11.0. The van der Waals surface area contributed by atoms with Gasteiger partial charge in [0.15, 0.2) is 5.82 Å². The van der Waals surface area contributed by atoms with Crippen molar-refractivity contribution in [1.82, 2.24) is 40.1 Å². The molecule has 0 bridgehead atoms. The van der Waals surface area contributed by atoms with Crippen LogP contribution in [0.15, 0.2) is 67.6 Å². The van der Waals surface area contributed by atoms with Gasteiger partial charge in [-0.15, -0.1) is 0 Å². The summed E-state index contributed by atoms with van der Waals surface area (Å²) >= 11 is 0. The van der Waals surface area contributed by atoms with E-state index in [1.165, 1.54) is 0 Å². The quantitative estimate of drug-likeness (QED) is 0.346. The molecule has 0 spiro atoms. The Morgan fingerprint density at radius 3 is 2.62 bits per heavy atom. The Kier molecular flexibility index (Phi) is 4.72. The molecule has 9 nitrogen and oxygen atoms in total. The topological polar surface area (TPSA) is 121 Å². The van der Waals surface area contributed by atoms with Crippen LogP contribution in [0.1, 0.15) is 13.8 Å². The number of pyridine rings is 4. The standard InChI is InChI=1S/C25H21N9/c1-14(2)30-17-6-16(9-27-10-17)20-7-18-21(13-29-20)33-34-24(18)25-31-22-12-28-11-19(23(22)32-25)15-4-3-5-26-8-15/h3-14,30H,1-2H3,(H,31,32)(H,33,34). The molecule has 6 aromatic heterocycles. The van der Waals surface area contributed by atoms with Gasteiger partial charge < -0.3 is 10.3 Å². The first kappa shape index (κ1) is 20.0. The van der Waals surface area contributed by atoms with Gasteiger partial charge in [-0.2, -0.15) is 5.10 Å². The zero-order valence-electron chi connectivity index (χ0n) is 18.6. The van der Waals surface area contributed by atoms with Gasteiger partial charge in [-0.1, -0.05) is 6.07 Å². The van der Waals surface area contributed by atoms with Crippen LogP contribution >= 0.6 is 0 Å². The Balaban J connectivity index is 1.45. The molecule has 6 aromatic rings. The first-order chi connectivity index (χ1) is 16.7. The largest absolute Gasteiger partial charge is 0.382 e. The van der Waals surface area contributed by atoms with Crippen molar-refractivity contribution in [3.63, 3.8) is 0 Å². The summed E-state index contributed by atoms with van der Waals surface area (Å²) in [5.41, 5.74) is 7.75. The average molecular weight is 448 g/mol. The van der Waals surface area contributed by atoms with Gasteiger partial charge in [0.05, 0.1) is 34.8 Å². The molecule has 0 saturated carbocycles. The second-order valence-electron chi connectivity index (χ2n) is 8.36. The van der Waals surface area contributed by atoms with Crippen molar-refractivity contribution in [2.24, 2.45) is 0 Å². The zero-order valence-corrected chi connectivity index (χ0v) is 18.6. The molecule has 0 aliphatic heterocycles. The normalized spacial score (nSPS) is 11.5. The summed E-state index contributed by atoms with van der Waals surface area (Å²) in [4.78, 5) is 25.8. The lowest BCUT2D eigenvalue weighted by atomic mass is 10.1. The fourth-order valence-corrected chi connectivity index (χ4v) is 4.03. The van der Waals surface area contributed by atoms with Crippen molar-refractivity contribution in [2.75, 3.05) is 5.32 Å². The van der Waals surface area contributed by atoms with Gasteiger partial charge in [-0.05, 0) is 32.0 Å². The number of imidazole rings is 1. The molecule has 0 aliphatic rings. The maximum absolute atomic E-state index is 4.88. The number of aromatic amines is 2. The van der Waals surface area contributed by atoms with Crippen molar-refractivity contribution in [3.8, 4) is 33.9 Å². The number of H-pyrrole nitrogens is 2. The minimum atomic E-state index is 0.312. The van der Waals surface area contributed by atoms with E-state index in [1.54, 1.807) is 24.8 Å². The Morgan fingerprint density at radius 2 is 1.76 bits per heavy atom. The number of rotatable bonds is 5. The Bertz CT molecular complexity index is 1620. The van der Waals surface area contributed by atoms with E-state index in [0.29, 0.717) is 11.9 Å². The van der Waals surface area contributed by atoms with Crippen LogP contribution in [0.25, 0.3) is 55.8 Å². The lowest BCUT2D eigenvalue weighted by molar-refractivity contribution is 0.898. The molecule has 0 radical (unpaired) electrons. The summed E-state index contributed by atoms with van der Waals surface area (Å²) in [5, 5.41) is 11.9. The van der Waals surface area contributed by atoms with E-state index in [-0.39, 0.29) is 0 Å². The summed E-state index contributed by atoms with van der Waals surface area (Å²) < 4.78 is 0. The monoisotopic (exact) mass is 447 g/mol. The SMILES string of the molecule is CC(C)Nc1cncc(-c2cc3c(-c4nc5c(-c6cccnc6)cncc5[nH]4)n[nH]c3cn2)c1. The summed E-state index contributed by atoms with van der Waals surface area (Å²) in [6.07, 6.45) is 12.5. The van der Waals surface area contributed by atoms with Crippen molar-refractivity contribution < 1.29 is 0 Å². The van der Waals surface area contributed by atoms with Crippen LogP contribution in [0.5, 0.6) is 0 Å². The number of fused-ring (bicyclic) bond motifs is 2. The van der Waals surface area contributed by atoms with Crippen LogP contribution in [0.4, 0.5) is 5.69 Å². The summed E-state index contributed by atoms with van der Waals surface area (Å²) in [6.45, 7) is 4.19. The molecule has 0 unspecified atom stereocenters. The van der Waals surface area contributed by atoms with Gasteiger partial charge in [0.1, 0.15) is 11.2 Å². The predicted octanol–water partition coefficient (Wildman–Crippen LogP) is 4.84. The Morgan fingerprint density at radius 1 is 0.882 bits per heavy atom. The maximum Gasteiger partial charge on any atom is 0.159 e. The molecule has 0 fully saturated rings. The van der Waals surface area contributed by atoms with Crippen LogP contribution < -0.4 is 5.32 Å². The van der Waals surface area contributed by atoms with Crippen molar-refractivity contribution in [1.29, 1.82) is 0 Å². The molecular weight excluding hydrogens is 426 g/mol. The molecule has 0 atom stereocenters. The van der Waals surface area contributed by atoms with Gasteiger partial charge in [0, 0.05) is 59.1 Å². The third-order valence-corrected chi connectivity index (χ3v) is 5.53. The lowest BCUT2D eigenvalue weighted by Crippen LogP contribution is -2.09. The second-order valence-corrected chi connectivity index (χ2v) is 8.36.